The van der Waals surface area contributed by atoms with Crippen molar-refractivity contribution in [1.82, 2.24) is 9.78 Å². The second-order valence-electron chi connectivity index (χ2n) is 6.84. The van der Waals surface area contributed by atoms with E-state index in [1.165, 1.54) is 0 Å². The maximum Gasteiger partial charge on any atom is 0.276 e. The van der Waals surface area contributed by atoms with Crippen molar-refractivity contribution in [3.8, 4) is 11.4 Å². The zero-order valence-corrected chi connectivity index (χ0v) is 17.8. The molecule has 0 saturated heterocycles. The number of benzene rings is 3. The van der Waals surface area contributed by atoms with Crippen LogP contribution in [0.25, 0.3) is 5.69 Å². The average molecular weight is 447 g/mol. The standard InChI is InChI=1S/C24H19ClN4O3/c1-32-21-11-9-19(10-12-21)26-23(30)16-5-7-18(8-6-16)27-24(31)22-13-14-29(28-22)20-4-2-3-17(25)15-20/h2-15H,1H3,(H,26,30)(H,27,31). The van der Waals surface area contributed by atoms with Crippen LogP contribution in [0.5, 0.6) is 5.75 Å². The maximum atomic E-state index is 12.5. The van der Waals surface area contributed by atoms with Crippen molar-refractivity contribution in [3.63, 3.8) is 0 Å². The van der Waals surface area contributed by atoms with Gasteiger partial charge in [-0.1, -0.05) is 17.7 Å². The number of carbonyl (C=O) groups is 2. The number of anilines is 2. The highest BCUT2D eigenvalue weighted by Gasteiger charge is 2.12. The zero-order valence-electron chi connectivity index (χ0n) is 17.1. The Balaban J connectivity index is 1.39. The number of hydrogen-bond donors (Lipinski definition) is 2. The molecule has 0 bridgehead atoms. The number of nitrogens with zero attached hydrogens (tertiary/aromatic N) is 2. The second kappa shape index (κ2) is 9.36. The fourth-order valence-electron chi connectivity index (χ4n) is 2.99. The summed E-state index contributed by atoms with van der Waals surface area (Å²) in [5, 5.41) is 10.5. The van der Waals surface area contributed by atoms with E-state index in [1.807, 2.05) is 12.1 Å². The molecule has 0 aliphatic rings. The summed E-state index contributed by atoms with van der Waals surface area (Å²) >= 11 is 6.01. The van der Waals surface area contributed by atoms with Crippen LogP contribution in [0, 0.1) is 0 Å². The molecule has 0 atom stereocenters. The van der Waals surface area contributed by atoms with Crippen LogP contribution >= 0.6 is 11.6 Å². The number of amides is 2. The maximum absolute atomic E-state index is 12.5. The SMILES string of the molecule is COc1ccc(NC(=O)c2ccc(NC(=O)c3ccn(-c4cccc(Cl)c4)n3)cc2)cc1. The molecule has 4 rings (SSSR count). The number of halogens is 1. The second-order valence-corrected chi connectivity index (χ2v) is 7.28. The molecule has 2 N–H and O–H groups in total. The first-order chi connectivity index (χ1) is 15.5. The number of aromatic nitrogens is 2. The highest BCUT2D eigenvalue weighted by Crippen LogP contribution is 2.18. The summed E-state index contributed by atoms with van der Waals surface area (Å²) in [5.41, 5.74) is 2.68. The van der Waals surface area contributed by atoms with Gasteiger partial charge in [-0.05, 0) is 72.8 Å². The van der Waals surface area contributed by atoms with E-state index < -0.39 is 0 Å². The van der Waals surface area contributed by atoms with Gasteiger partial charge >= 0.3 is 0 Å². The molecule has 0 unspecified atom stereocenters. The lowest BCUT2D eigenvalue weighted by Crippen LogP contribution is -2.14. The van der Waals surface area contributed by atoms with Gasteiger partial charge in [-0.2, -0.15) is 5.10 Å². The number of rotatable bonds is 6. The molecule has 0 aliphatic carbocycles. The Morgan fingerprint density at radius 1 is 0.875 bits per heavy atom. The Kier molecular flexibility index (Phi) is 6.19. The van der Waals surface area contributed by atoms with Crippen molar-refractivity contribution in [2.75, 3.05) is 17.7 Å². The van der Waals surface area contributed by atoms with Crippen LogP contribution in [0.1, 0.15) is 20.8 Å². The first-order valence-electron chi connectivity index (χ1n) is 9.70. The highest BCUT2D eigenvalue weighted by atomic mass is 35.5. The van der Waals surface area contributed by atoms with Crippen LogP contribution in [0.3, 0.4) is 0 Å². The van der Waals surface area contributed by atoms with Crippen LogP contribution in [-0.4, -0.2) is 28.7 Å². The van der Waals surface area contributed by atoms with Crippen LogP contribution in [0.4, 0.5) is 11.4 Å². The molecule has 1 aromatic heterocycles. The van der Waals surface area contributed by atoms with Crippen molar-refractivity contribution in [3.05, 3.63) is 101 Å². The van der Waals surface area contributed by atoms with E-state index in [0.29, 0.717) is 27.7 Å². The number of hydrogen-bond acceptors (Lipinski definition) is 4. The molecular weight excluding hydrogens is 428 g/mol. The summed E-state index contributed by atoms with van der Waals surface area (Å²) in [6.07, 6.45) is 1.69. The zero-order chi connectivity index (χ0) is 22.5. The predicted octanol–water partition coefficient (Wildman–Crippen LogP) is 5.04. The van der Waals surface area contributed by atoms with E-state index in [9.17, 15) is 9.59 Å². The summed E-state index contributed by atoms with van der Waals surface area (Å²) in [6.45, 7) is 0. The van der Waals surface area contributed by atoms with Crippen molar-refractivity contribution in [2.24, 2.45) is 0 Å². The predicted molar refractivity (Wildman–Crippen MR) is 124 cm³/mol. The van der Waals surface area contributed by atoms with Crippen molar-refractivity contribution >= 4 is 34.8 Å². The third kappa shape index (κ3) is 4.96. The molecule has 0 saturated carbocycles. The van der Waals surface area contributed by atoms with Gasteiger partial charge in [0.25, 0.3) is 11.8 Å². The lowest BCUT2D eigenvalue weighted by molar-refractivity contribution is 0.101. The van der Waals surface area contributed by atoms with Crippen molar-refractivity contribution in [1.29, 1.82) is 0 Å². The molecule has 7 nitrogen and oxygen atoms in total. The average Bonchev–Trinajstić information content (AvgIpc) is 3.31. The molecule has 2 amide bonds. The molecule has 32 heavy (non-hydrogen) atoms. The van der Waals surface area contributed by atoms with Gasteiger partial charge in [0.1, 0.15) is 5.75 Å². The van der Waals surface area contributed by atoms with E-state index in [4.69, 9.17) is 16.3 Å². The number of ether oxygens (including phenoxy) is 1. The van der Waals surface area contributed by atoms with Gasteiger partial charge in [0, 0.05) is 28.2 Å². The van der Waals surface area contributed by atoms with Crippen LogP contribution in [0.15, 0.2) is 85.1 Å². The van der Waals surface area contributed by atoms with Gasteiger partial charge in [-0.15, -0.1) is 0 Å². The van der Waals surface area contributed by atoms with E-state index >= 15 is 0 Å². The van der Waals surface area contributed by atoms with Gasteiger partial charge in [0.15, 0.2) is 5.69 Å². The summed E-state index contributed by atoms with van der Waals surface area (Å²) in [5.74, 6) is 0.0926. The fraction of sp³-hybridized carbons (Fsp3) is 0.0417. The fourth-order valence-corrected chi connectivity index (χ4v) is 3.17. The lowest BCUT2D eigenvalue weighted by Gasteiger charge is -2.08. The number of nitrogens with one attached hydrogen (secondary N) is 2. The summed E-state index contributed by atoms with van der Waals surface area (Å²) in [4.78, 5) is 25.0. The molecule has 3 aromatic carbocycles. The molecule has 1 heterocycles. The quantitative estimate of drug-likeness (QED) is 0.434. The molecule has 4 aromatic rings. The summed E-state index contributed by atoms with van der Waals surface area (Å²) < 4.78 is 6.68. The van der Waals surface area contributed by atoms with Gasteiger partial charge in [-0.25, -0.2) is 4.68 Å². The van der Waals surface area contributed by atoms with E-state index in [0.717, 1.165) is 5.69 Å². The Bertz CT molecular complexity index is 1250. The van der Waals surface area contributed by atoms with Crippen molar-refractivity contribution < 1.29 is 14.3 Å². The minimum Gasteiger partial charge on any atom is -0.497 e. The normalized spacial score (nSPS) is 10.4. The highest BCUT2D eigenvalue weighted by molar-refractivity contribution is 6.30. The van der Waals surface area contributed by atoms with Crippen molar-refractivity contribution in [2.45, 2.75) is 0 Å². The Hall–Kier alpha value is -4.10. The van der Waals surface area contributed by atoms with E-state index in [1.54, 1.807) is 84.7 Å². The number of methoxy groups -OCH3 is 1. The Labute approximate surface area is 189 Å². The largest absolute Gasteiger partial charge is 0.497 e. The molecule has 0 fully saturated rings. The first kappa shape index (κ1) is 21.1. The molecule has 160 valence electrons. The third-order valence-electron chi connectivity index (χ3n) is 4.65. The van der Waals surface area contributed by atoms with Gasteiger partial charge in [-0.3, -0.25) is 9.59 Å². The van der Waals surface area contributed by atoms with Gasteiger partial charge in [0.2, 0.25) is 0 Å². The van der Waals surface area contributed by atoms with Crippen LogP contribution in [0.2, 0.25) is 5.02 Å². The molecule has 0 spiro atoms. The van der Waals surface area contributed by atoms with E-state index in [-0.39, 0.29) is 17.5 Å². The lowest BCUT2D eigenvalue weighted by atomic mass is 10.2. The topological polar surface area (TPSA) is 85.3 Å². The minimum absolute atomic E-state index is 0.256. The molecular formula is C24H19ClN4O3. The first-order valence-corrected chi connectivity index (χ1v) is 10.1. The van der Waals surface area contributed by atoms with Gasteiger partial charge < -0.3 is 15.4 Å². The summed E-state index contributed by atoms with van der Waals surface area (Å²) in [7, 11) is 1.58. The summed E-state index contributed by atoms with van der Waals surface area (Å²) in [6, 6.07) is 22.4. The smallest absolute Gasteiger partial charge is 0.276 e. The third-order valence-corrected chi connectivity index (χ3v) is 4.88. The monoisotopic (exact) mass is 446 g/mol. The van der Waals surface area contributed by atoms with E-state index in [2.05, 4.69) is 15.7 Å². The van der Waals surface area contributed by atoms with Gasteiger partial charge in [0.05, 0.1) is 12.8 Å². The Morgan fingerprint density at radius 2 is 1.53 bits per heavy atom. The molecule has 8 heteroatoms. The minimum atomic E-state index is -0.360. The van der Waals surface area contributed by atoms with Crippen LogP contribution < -0.4 is 15.4 Å². The molecule has 0 aliphatic heterocycles. The number of carbonyl (C=O) groups excluding carboxylic acids is 2. The van der Waals surface area contributed by atoms with Crippen LogP contribution in [-0.2, 0) is 0 Å². The Morgan fingerprint density at radius 3 is 2.19 bits per heavy atom. The molecule has 0 radical (unpaired) electrons.